The fourth-order valence-corrected chi connectivity index (χ4v) is 3.87. The highest BCUT2D eigenvalue weighted by atomic mass is 32.2. The second kappa shape index (κ2) is 5.11. The minimum absolute atomic E-state index is 0.124. The molecule has 5 nitrogen and oxygen atoms in total. The van der Waals surface area contributed by atoms with Gasteiger partial charge < -0.3 is 5.32 Å². The molecular weight excluding hydrogens is 318 g/mol. The van der Waals surface area contributed by atoms with Gasteiger partial charge in [0.2, 0.25) is 0 Å². The monoisotopic (exact) mass is 327 g/mol. The minimum Gasteiger partial charge on any atom is -0.321 e. The number of aromatic amines is 1. The van der Waals surface area contributed by atoms with Crippen molar-refractivity contribution >= 4 is 35.1 Å². The molecule has 108 valence electrons. The summed E-state index contributed by atoms with van der Waals surface area (Å²) in [6, 6.07) is 12.9. The molecule has 4 rings (SSSR count). The van der Waals surface area contributed by atoms with Crippen molar-refractivity contribution in [1.82, 2.24) is 8.75 Å². The first kappa shape index (κ1) is 13.3. The predicted molar refractivity (Wildman–Crippen MR) is 86.7 cm³/mol. The van der Waals surface area contributed by atoms with Crippen LogP contribution in [0.3, 0.4) is 0 Å². The Labute approximate surface area is 133 Å². The van der Waals surface area contributed by atoms with Gasteiger partial charge in [0.15, 0.2) is 5.69 Å². The lowest BCUT2D eigenvalue weighted by molar-refractivity contribution is 0.102. The number of hydrogen-bond acceptors (Lipinski definition) is 5. The largest absolute Gasteiger partial charge is 0.321 e. The van der Waals surface area contributed by atoms with E-state index in [4.69, 9.17) is 0 Å². The second-order valence-electron chi connectivity index (χ2n) is 4.73. The number of rotatable bonds is 1. The third-order valence-corrected chi connectivity index (χ3v) is 5.03. The molecule has 0 bridgehead atoms. The molecule has 1 aromatic heterocycles. The molecule has 2 heterocycles. The van der Waals surface area contributed by atoms with Crippen LogP contribution in [0.15, 0.2) is 57.1 Å². The van der Waals surface area contributed by atoms with Gasteiger partial charge in [-0.3, -0.25) is 14.0 Å². The summed E-state index contributed by atoms with van der Waals surface area (Å²) in [6.45, 7) is 0. The molecule has 3 aromatic rings. The van der Waals surface area contributed by atoms with E-state index in [0.717, 1.165) is 32.8 Å². The van der Waals surface area contributed by atoms with E-state index in [1.54, 1.807) is 18.2 Å². The number of carbonyl (C=O) groups is 1. The molecule has 0 aliphatic carbocycles. The lowest BCUT2D eigenvalue weighted by atomic mass is 10.1. The number of benzene rings is 2. The highest BCUT2D eigenvalue weighted by Crippen LogP contribution is 2.40. The Bertz CT molecular complexity index is 946. The minimum atomic E-state index is -0.201. The van der Waals surface area contributed by atoms with Crippen LogP contribution in [0, 0.1) is 0 Å². The van der Waals surface area contributed by atoms with E-state index < -0.39 is 0 Å². The molecule has 0 saturated carbocycles. The fourth-order valence-electron chi connectivity index (χ4n) is 2.29. The Morgan fingerprint density at radius 3 is 2.68 bits per heavy atom. The Hall–Kier alpha value is -2.38. The molecule has 0 spiro atoms. The van der Waals surface area contributed by atoms with Crippen LogP contribution in [-0.2, 0) is 0 Å². The topological polar surface area (TPSA) is 74.8 Å². The highest BCUT2D eigenvalue weighted by molar-refractivity contribution is 7.99. The van der Waals surface area contributed by atoms with Crippen LogP contribution in [-0.4, -0.2) is 14.7 Å². The lowest BCUT2D eigenvalue weighted by Crippen LogP contribution is -2.11. The SMILES string of the molecule is O=C1Nc2ccc(-c3ns[nH]c3=O)cc2Sc2ccccc21. The van der Waals surface area contributed by atoms with E-state index in [9.17, 15) is 9.59 Å². The molecule has 22 heavy (non-hydrogen) atoms. The molecule has 2 aromatic carbocycles. The number of hydrogen-bond donors (Lipinski definition) is 2. The van der Waals surface area contributed by atoms with E-state index >= 15 is 0 Å². The first-order valence-corrected chi connectivity index (χ1v) is 8.08. The van der Waals surface area contributed by atoms with Gasteiger partial charge in [-0.15, -0.1) is 0 Å². The fraction of sp³-hybridized carbons (Fsp3) is 0. The average Bonchev–Trinajstić information content (AvgIpc) is 2.89. The maximum absolute atomic E-state index is 12.2. The molecule has 1 aliphatic rings. The van der Waals surface area contributed by atoms with Crippen LogP contribution >= 0.6 is 23.5 Å². The van der Waals surface area contributed by atoms with Gasteiger partial charge in [0.05, 0.1) is 11.3 Å². The van der Waals surface area contributed by atoms with Crippen LogP contribution in [0.1, 0.15) is 10.4 Å². The lowest BCUT2D eigenvalue weighted by Gasteiger charge is -2.07. The standard InChI is InChI=1S/C15H9N3O2S2/c19-14-9-3-1-2-4-11(9)21-12-7-8(5-6-10(12)16-14)13-15(20)18-22-17-13/h1-7H,(H,16,19)(H,18,20). The van der Waals surface area contributed by atoms with Gasteiger partial charge in [-0.1, -0.05) is 30.0 Å². The summed E-state index contributed by atoms with van der Waals surface area (Å²) in [6.07, 6.45) is 0. The van der Waals surface area contributed by atoms with Crippen molar-refractivity contribution in [1.29, 1.82) is 0 Å². The van der Waals surface area contributed by atoms with E-state index in [2.05, 4.69) is 14.1 Å². The summed E-state index contributed by atoms with van der Waals surface area (Å²) in [5.74, 6) is -0.124. The number of aromatic nitrogens is 2. The van der Waals surface area contributed by atoms with Crippen molar-refractivity contribution in [2.75, 3.05) is 5.32 Å². The molecule has 1 amide bonds. The number of H-pyrrole nitrogens is 1. The zero-order chi connectivity index (χ0) is 15.1. The number of anilines is 1. The van der Waals surface area contributed by atoms with Crippen molar-refractivity contribution in [2.45, 2.75) is 9.79 Å². The van der Waals surface area contributed by atoms with Crippen molar-refractivity contribution in [3.8, 4) is 11.3 Å². The average molecular weight is 327 g/mol. The summed E-state index contributed by atoms with van der Waals surface area (Å²) in [4.78, 5) is 25.8. The van der Waals surface area contributed by atoms with E-state index in [1.165, 1.54) is 11.8 Å². The maximum Gasteiger partial charge on any atom is 0.285 e. The summed E-state index contributed by atoms with van der Waals surface area (Å²) < 4.78 is 6.68. The van der Waals surface area contributed by atoms with Crippen LogP contribution in [0.4, 0.5) is 5.69 Å². The van der Waals surface area contributed by atoms with Crippen molar-refractivity contribution < 1.29 is 4.79 Å². The van der Waals surface area contributed by atoms with Crippen LogP contribution in [0.25, 0.3) is 11.3 Å². The van der Waals surface area contributed by atoms with Gasteiger partial charge in [-0.25, -0.2) is 0 Å². The molecule has 0 unspecified atom stereocenters. The number of carbonyl (C=O) groups excluding carboxylic acids is 1. The highest BCUT2D eigenvalue weighted by Gasteiger charge is 2.20. The number of fused-ring (bicyclic) bond motifs is 2. The Morgan fingerprint density at radius 1 is 1.00 bits per heavy atom. The summed E-state index contributed by atoms with van der Waals surface area (Å²) in [5.41, 5.74) is 2.33. The molecule has 7 heteroatoms. The molecule has 2 N–H and O–H groups in total. The van der Waals surface area contributed by atoms with E-state index in [1.807, 2.05) is 24.3 Å². The Kier molecular flexibility index (Phi) is 3.09. The quantitative estimate of drug-likeness (QED) is 0.719. The third kappa shape index (κ3) is 2.15. The molecule has 0 atom stereocenters. The molecule has 0 saturated heterocycles. The normalized spacial score (nSPS) is 13.0. The van der Waals surface area contributed by atoms with Gasteiger partial charge in [-0.05, 0) is 24.3 Å². The van der Waals surface area contributed by atoms with Crippen molar-refractivity contribution in [3.63, 3.8) is 0 Å². The number of nitrogens with one attached hydrogen (secondary N) is 2. The summed E-state index contributed by atoms with van der Waals surface area (Å²) in [7, 11) is 0. The van der Waals surface area contributed by atoms with E-state index in [0.29, 0.717) is 11.3 Å². The van der Waals surface area contributed by atoms with Gasteiger partial charge in [-0.2, -0.15) is 4.37 Å². The summed E-state index contributed by atoms with van der Waals surface area (Å²) >= 11 is 2.53. The maximum atomic E-state index is 12.2. The summed E-state index contributed by atoms with van der Waals surface area (Å²) in [5, 5.41) is 2.90. The predicted octanol–water partition coefficient (Wildman–Crippen LogP) is 3.22. The Morgan fingerprint density at radius 2 is 1.86 bits per heavy atom. The van der Waals surface area contributed by atoms with Crippen LogP contribution < -0.4 is 10.9 Å². The Balaban J connectivity index is 1.86. The van der Waals surface area contributed by atoms with Crippen LogP contribution in [0.2, 0.25) is 0 Å². The molecule has 0 radical (unpaired) electrons. The van der Waals surface area contributed by atoms with Gasteiger partial charge in [0.25, 0.3) is 11.5 Å². The molecular formula is C15H9N3O2S2. The van der Waals surface area contributed by atoms with Crippen molar-refractivity contribution in [2.24, 2.45) is 0 Å². The first-order chi connectivity index (χ1) is 10.7. The van der Waals surface area contributed by atoms with Gasteiger partial charge in [0.1, 0.15) is 0 Å². The first-order valence-electron chi connectivity index (χ1n) is 6.49. The van der Waals surface area contributed by atoms with E-state index in [-0.39, 0.29) is 11.5 Å². The number of nitrogens with zero attached hydrogens (tertiary/aromatic N) is 1. The van der Waals surface area contributed by atoms with Gasteiger partial charge in [0, 0.05) is 27.1 Å². The van der Waals surface area contributed by atoms with Crippen molar-refractivity contribution in [3.05, 3.63) is 58.4 Å². The van der Waals surface area contributed by atoms with Gasteiger partial charge >= 0.3 is 0 Å². The molecule has 0 fully saturated rings. The number of amides is 1. The molecule has 1 aliphatic heterocycles. The smallest absolute Gasteiger partial charge is 0.285 e. The van der Waals surface area contributed by atoms with Crippen LogP contribution in [0.5, 0.6) is 0 Å². The zero-order valence-electron chi connectivity index (χ0n) is 11.1. The third-order valence-electron chi connectivity index (χ3n) is 3.35. The zero-order valence-corrected chi connectivity index (χ0v) is 12.8. The second-order valence-corrected chi connectivity index (χ2v) is 6.38.